The summed E-state index contributed by atoms with van der Waals surface area (Å²) in [5, 5.41) is 9.43. The fourth-order valence-corrected chi connectivity index (χ4v) is 2.79. The third kappa shape index (κ3) is 4.76. The van der Waals surface area contributed by atoms with Crippen LogP contribution in [0.2, 0.25) is 0 Å². The highest BCUT2D eigenvalue weighted by Gasteiger charge is 2.20. The minimum atomic E-state index is -0.962. The van der Waals surface area contributed by atoms with Crippen molar-refractivity contribution in [1.29, 1.82) is 0 Å². The Morgan fingerprint density at radius 2 is 2.00 bits per heavy atom. The van der Waals surface area contributed by atoms with E-state index in [0.717, 1.165) is 25.0 Å². The van der Waals surface area contributed by atoms with E-state index < -0.39 is 35.7 Å². The zero-order valence-corrected chi connectivity index (χ0v) is 15.0. The lowest BCUT2D eigenvalue weighted by Crippen LogP contribution is -2.19. The van der Waals surface area contributed by atoms with Crippen molar-refractivity contribution in [3.8, 4) is 22.8 Å². The van der Waals surface area contributed by atoms with Gasteiger partial charge in [0, 0.05) is 17.8 Å². The first-order chi connectivity index (χ1) is 13.4. The lowest BCUT2D eigenvalue weighted by molar-refractivity contribution is -0.113. The normalized spacial score (nSPS) is 14.4. The number of pyridine rings is 1. The molecule has 148 valence electrons. The van der Waals surface area contributed by atoms with E-state index in [1.54, 1.807) is 18.3 Å². The van der Waals surface area contributed by atoms with Gasteiger partial charge in [-0.25, -0.2) is 13.8 Å². The fourth-order valence-electron chi connectivity index (χ4n) is 2.79. The summed E-state index contributed by atoms with van der Waals surface area (Å²) in [5.41, 5.74) is 5.59. The van der Waals surface area contributed by atoms with Crippen LogP contribution in [-0.4, -0.2) is 29.2 Å². The van der Waals surface area contributed by atoms with Gasteiger partial charge in [-0.1, -0.05) is 6.42 Å². The topological polar surface area (TPSA) is 94.7 Å². The summed E-state index contributed by atoms with van der Waals surface area (Å²) in [6.45, 7) is -0.0829. The second kappa shape index (κ2) is 8.69. The Hall–Kier alpha value is -3.16. The van der Waals surface area contributed by atoms with Crippen LogP contribution in [0.15, 0.2) is 42.3 Å². The van der Waals surface area contributed by atoms with Gasteiger partial charge in [-0.3, -0.25) is 4.79 Å². The van der Waals surface area contributed by atoms with E-state index in [2.05, 4.69) is 4.98 Å². The maximum Gasteiger partial charge on any atom is 0.244 e. The van der Waals surface area contributed by atoms with E-state index >= 15 is 0 Å². The number of amides is 1. The molecule has 0 spiro atoms. The first kappa shape index (κ1) is 19.6. The number of nitrogens with two attached hydrogens (primary N) is 1. The molecule has 2 aromatic rings. The molecular formula is C20H20F2N2O4. The van der Waals surface area contributed by atoms with Crippen molar-refractivity contribution < 1.29 is 28.2 Å². The van der Waals surface area contributed by atoms with Crippen molar-refractivity contribution in [2.75, 3.05) is 13.2 Å². The third-order valence-electron chi connectivity index (χ3n) is 4.43. The van der Waals surface area contributed by atoms with Gasteiger partial charge in [0.15, 0.2) is 17.4 Å². The number of primary amides is 1. The monoisotopic (exact) mass is 390 g/mol. The lowest BCUT2D eigenvalue weighted by Gasteiger charge is -2.25. The van der Waals surface area contributed by atoms with Crippen LogP contribution in [0.5, 0.6) is 11.6 Å². The molecule has 28 heavy (non-hydrogen) atoms. The maximum absolute atomic E-state index is 14.4. The van der Waals surface area contributed by atoms with Crippen LogP contribution in [0.25, 0.3) is 11.1 Å². The number of benzene rings is 1. The van der Waals surface area contributed by atoms with Crippen LogP contribution in [0.4, 0.5) is 8.78 Å². The van der Waals surface area contributed by atoms with Gasteiger partial charge in [0.2, 0.25) is 11.8 Å². The molecule has 0 saturated heterocycles. The van der Waals surface area contributed by atoms with Crippen LogP contribution >= 0.6 is 0 Å². The molecular weight excluding hydrogens is 370 g/mol. The molecule has 6 nitrogen and oxygen atoms in total. The maximum atomic E-state index is 14.4. The Labute approximate surface area is 160 Å². The molecule has 0 bridgehead atoms. The zero-order chi connectivity index (χ0) is 20.1. The van der Waals surface area contributed by atoms with E-state index in [1.165, 1.54) is 6.42 Å². The van der Waals surface area contributed by atoms with Crippen LogP contribution in [0, 0.1) is 17.6 Å². The van der Waals surface area contributed by atoms with Crippen molar-refractivity contribution in [3.63, 3.8) is 0 Å². The quantitative estimate of drug-likeness (QED) is 0.531. The van der Waals surface area contributed by atoms with Gasteiger partial charge in [0.25, 0.3) is 0 Å². The molecule has 0 radical (unpaired) electrons. The summed E-state index contributed by atoms with van der Waals surface area (Å²) >= 11 is 0. The van der Waals surface area contributed by atoms with Crippen molar-refractivity contribution >= 4 is 5.91 Å². The van der Waals surface area contributed by atoms with Crippen molar-refractivity contribution in [2.24, 2.45) is 11.7 Å². The van der Waals surface area contributed by atoms with Crippen LogP contribution in [0.3, 0.4) is 0 Å². The number of hydrogen-bond acceptors (Lipinski definition) is 5. The number of nitrogens with zero attached hydrogens (tertiary/aromatic N) is 1. The number of aromatic nitrogens is 1. The second-order valence-corrected chi connectivity index (χ2v) is 6.56. The Balaban J connectivity index is 1.79. The standard InChI is InChI=1S/C20H20F2N2O4/c21-16-7-13(8-17(22)19(16)27-11-14(25)9-18(23)26)15-5-2-6-24-20(15)28-10-12-3-1-4-12/h2,5-9,12,25H,1,3-4,10-11H2,(H2,23,26)/b14-9-. The molecule has 0 aliphatic heterocycles. The van der Waals surface area contributed by atoms with E-state index in [9.17, 15) is 18.7 Å². The summed E-state index contributed by atoms with van der Waals surface area (Å²) in [7, 11) is 0. The van der Waals surface area contributed by atoms with E-state index in [1.807, 2.05) is 0 Å². The molecule has 1 amide bonds. The largest absolute Gasteiger partial charge is 0.508 e. The summed E-state index contributed by atoms with van der Waals surface area (Å²) in [4.78, 5) is 14.8. The Bertz CT molecular complexity index is 875. The summed E-state index contributed by atoms with van der Waals surface area (Å²) in [5.74, 6) is -3.25. The molecule has 0 unspecified atom stereocenters. The van der Waals surface area contributed by atoms with Gasteiger partial charge in [0.1, 0.15) is 12.4 Å². The van der Waals surface area contributed by atoms with Gasteiger partial charge < -0.3 is 20.3 Å². The molecule has 1 aromatic heterocycles. The Kier molecular flexibility index (Phi) is 6.08. The molecule has 0 atom stereocenters. The van der Waals surface area contributed by atoms with E-state index in [0.29, 0.717) is 30.0 Å². The summed E-state index contributed by atoms with van der Waals surface area (Å²) in [6, 6.07) is 5.51. The first-order valence-corrected chi connectivity index (χ1v) is 8.83. The van der Waals surface area contributed by atoms with Gasteiger partial charge in [-0.2, -0.15) is 0 Å². The van der Waals surface area contributed by atoms with Crippen molar-refractivity contribution in [1.82, 2.24) is 4.98 Å². The highest BCUT2D eigenvalue weighted by atomic mass is 19.1. The highest BCUT2D eigenvalue weighted by molar-refractivity contribution is 5.86. The van der Waals surface area contributed by atoms with Gasteiger partial charge >= 0.3 is 0 Å². The SMILES string of the molecule is NC(=O)/C=C(\O)COc1c(F)cc(-c2cccnc2OCC2CCC2)cc1F. The lowest BCUT2D eigenvalue weighted by atomic mass is 9.86. The highest BCUT2D eigenvalue weighted by Crippen LogP contribution is 2.34. The average molecular weight is 390 g/mol. The molecule has 3 rings (SSSR count). The molecule has 8 heteroatoms. The molecule has 1 aliphatic rings. The molecule has 1 aromatic carbocycles. The number of ether oxygens (including phenoxy) is 2. The van der Waals surface area contributed by atoms with Crippen molar-refractivity contribution in [3.05, 3.63) is 53.9 Å². The summed E-state index contributed by atoms with van der Waals surface area (Å²) in [6.07, 6.45) is 5.65. The second-order valence-electron chi connectivity index (χ2n) is 6.56. The molecule has 1 aliphatic carbocycles. The van der Waals surface area contributed by atoms with Crippen LogP contribution in [0.1, 0.15) is 19.3 Å². The smallest absolute Gasteiger partial charge is 0.244 e. The molecule has 1 heterocycles. The number of aliphatic hydroxyl groups is 1. The van der Waals surface area contributed by atoms with E-state index in [4.69, 9.17) is 15.2 Å². The molecule has 3 N–H and O–H groups in total. The van der Waals surface area contributed by atoms with Crippen LogP contribution < -0.4 is 15.2 Å². The minimum Gasteiger partial charge on any atom is -0.508 e. The van der Waals surface area contributed by atoms with Crippen LogP contribution in [-0.2, 0) is 4.79 Å². The number of hydrogen-bond donors (Lipinski definition) is 2. The van der Waals surface area contributed by atoms with Gasteiger partial charge in [-0.05, 0) is 48.6 Å². The number of aliphatic hydroxyl groups excluding tert-OH is 1. The Morgan fingerprint density at radius 3 is 2.61 bits per heavy atom. The zero-order valence-electron chi connectivity index (χ0n) is 15.0. The number of halogens is 2. The van der Waals surface area contributed by atoms with E-state index in [-0.39, 0.29) is 5.56 Å². The van der Waals surface area contributed by atoms with Gasteiger partial charge in [0.05, 0.1) is 6.61 Å². The number of rotatable bonds is 8. The molecule has 1 fully saturated rings. The predicted molar refractivity (Wildman–Crippen MR) is 97.8 cm³/mol. The predicted octanol–water partition coefficient (Wildman–Crippen LogP) is 3.51. The number of carbonyl (C=O) groups is 1. The fraction of sp³-hybridized carbons (Fsp3) is 0.300. The van der Waals surface area contributed by atoms with Crippen molar-refractivity contribution in [2.45, 2.75) is 19.3 Å². The molecule has 1 saturated carbocycles. The minimum absolute atomic E-state index is 0.246. The number of carbonyl (C=O) groups excluding carboxylic acids is 1. The average Bonchev–Trinajstić information content (AvgIpc) is 2.59. The van der Waals surface area contributed by atoms with Gasteiger partial charge in [-0.15, -0.1) is 0 Å². The first-order valence-electron chi connectivity index (χ1n) is 8.83. The third-order valence-corrected chi connectivity index (χ3v) is 4.43. The Morgan fingerprint density at radius 1 is 1.29 bits per heavy atom. The summed E-state index contributed by atoms with van der Waals surface area (Å²) < 4.78 is 39.5.